The summed E-state index contributed by atoms with van der Waals surface area (Å²) in [7, 11) is 0. The molecule has 7 heteroatoms. The van der Waals surface area contributed by atoms with E-state index in [2.05, 4.69) is 26.6 Å². The summed E-state index contributed by atoms with van der Waals surface area (Å²) in [5.74, 6) is -0.896. The SMILES string of the molecule is C[C@H](NC(=O)CN1C(=O)NC(c2ccccc2)(c2ccccc2)C1=O)c1ccc(Br)cc1. The van der Waals surface area contributed by atoms with Crippen molar-refractivity contribution in [1.29, 1.82) is 0 Å². The first-order chi connectivity index (χ1) is 15.4. The monoisotopic (exact) mass is 491 g/mol. The molecule has 1 aliphatic rings. The van der Waals surface area contributed by atoms with Gasteiger partial charge in [-0.1, -0.05) is 88.7 Å². The van der Waals surface area contributed by atoms with Gasteiger partial charge in [0.2, 0.25) is 5.91 Å². The topological polar surface area (TPSA) is 78.5 Å². The van der Waals surface area contributed by atoms with Crippen molar-refractivity contribution in [3.8, 4) is 0 Å². The van der Waals surface area contributed by atoms with Crippen LogP contribution in [0, 0.1) is 0 Å². The van der Waals surface area contributed by atoms with Crippen LogP contribution in [-0.4, -0.2) is 29.3 Å². The fourth-order valence-electron chi connectivity index (χ4n) is 3.92. The molecule has 1 fully saturated rings. The van der Waals surface area contributed by atoms with E-state index in [4.69, 9.17) is 0 Å². The van der Waals surface area contributed by atoms with E-state index in [9.17, 15) is 14.4 Å². The first-order valence-corrected chi connectivity index (χ1v) is 11.0. The third-order valence-corrected chi connectivity index (χ3v) is 6.10. The average Bonchev–Trinajstić information content (AvgIpc) is 3.06. The van der Waals surface area contributed by atoms with Gasteiger partial charge in [0.05, 0.1) is 6.04 Å². The Morgan fingerprint density at radius 3 is 2.00 bits per heavy atom. The second-order valence-corrected chi connectivity index (χ2v) is 8.56. The van der Waals surface area contributed by atoms with Crippen molar-refractivity contribution < 1.29 is 14.4 Å². The van der Waals surface area contributed by atoms with Crippen LogP contribution in [0.5, 0.6) is 0 Å². The predicted octanol–water partition coefficient (Wildman–Crippen LogP) is 4.12. The molecule has 0 aromatic heterocycles. The Morgan fingerprint density at radius 1 is 0.938 bits per heavy atom. The second kappa shape index (κ2) is 8.96. The molecule has 1 aliphatic heterocycles. The summed E-state index contributed by atoms with van der Waals surface area (Å²) in [5, 5.41) is 5.71. The van der Waals surface area contributed by atoms with Crippen LogP contribution in [0.1, 0.15) is 29.7 Å². The number of rotatable bonds is 6. The van der Waals surface area contributed by atoms with Crippen LogP contribution in [0.4, 0.5) is 4.79 Å². The Hall–Kier alpha value is -3.45. The molecule has 0 radical (unpaired) electrons. The van der Waals surface area contributed by atoms with Crippen molar-refractivity contribution in [1.82, 2.24) is 15.5 Å². The van der Waals surface area contributed by atoms with Crippen LogP contribution < -0.4 is 10.6 Å². The molecular weight excluding hydrogens is 470 g/mol. The Morgan fingerprint density at radius 2 is 1.47 bits per heavy atom. The second-order valence-electron chi connectivity index (χ2n) is 7.64. The summed E-state index contributed by atoms with van der Waals surface area (Å²) in [5.41, 5.74) is 0.810. The molecule has 6 nitrogen and oxygen atoms in total. The van der Waals surface area contributed by atoms with Gasteiger partial charge in [-0.05, 0) is 35.7 Å². The van der Waals surface area contributed by atoms with E-state index in [0.29, 0.717) is 11.1 Å². The van der Waals surface area contributed by atoms with Gasteiger partial charge in [0.1, 0.15) is 6.54 Å². The van der Waals surface area contributed by atoms with Crippen molar-refractivity contribution >= 4 is 33.8 Å². The van der Waals surface area contributed by atoms with Gasteiger partial charge in [-0.2, -0.15) is 0 Å². The zero-order chi connectivity index (χ0) is 22.7. The Labute approximate surface area is 194 Å². The highest BCUT2D eigenvalue weighted by Gasteiger charge is 2.54. The minimum Gasteiger partial charge on any atom is -0.348 e. The molecule has 162 valence electrons. The van der Waals surface area contributed by atoms with E-state index in [1.165, 1.54) is 0 Å². The Bertz CT molecular complexity index is 1090. The van der Waals surface area contributed by atoms with Gasteiger partial charge in [-0.15, -0.1) is 0 Å². The lowest BCUT2D eigenvalue weighted by Gasteiger charge is -2.28. The van der Waals surface area contributed by atoms with Gasteiger partial charge in [0, 0.05) is 4.47 Å². The standard InChI is InChI=1S/C25H22BrN3O3/c1-17(18-12-14-21(26)15-13-18)27-22(30)16-29-23(31)25(28-24(29)32,19-8-4-2-5-9-19)20-10-6-3-7-11-20/h2-15,17H,16H2,1H3,(H,27,30)(H,28,32)/t17-/m0/s1. The number of carbonyl (C=O) groups excluding carboxylic acids is 3. The summed E-state index contributed by atoms with van der Waals surface area (Å²) in [4.78, 5) is 40.2. The van der Waals surface area contributed by atoms with Crippen LogP contribution in [0.3, 0.4) is 0 Å². The predicted molar refractivity (Wildman–Crippen MR) is 125 cm³/mol. The molecule has 0 aliphatic carbocycles. The maximum absolute atomic E-state index is 13.6. The fraction of sp³-hybridized carbons (Fsp3) is 0.160. The van der Waals surface area contributed by atoms with Crippen LogP contribution in [0.2, 0.25) is 0 Å². The molecule has 32 heavy (non-hydrogen) atoms. The molecule has 3 aromatic carbocycles. The first kappa shape index (κ1) is 21.8. The zero-order valence-corrected chi connectivity index (χ0v) is 19.0. The first-order valence-electron chi connectivity index (χ1n) is 10.2. The molecule has 1 atom stereocenters. The summed E-state index contributed by atoms with van der Waals surface area (Å²) < 4.78 is 0.942. The number of nitrogens with zero attached hydrogens (tertiary/aromatic N) is 1. The van der Waals surface area contributed by atoms with Crippen LogP contribution in [0.15, 0.2) is 89.4 Å². The summed E-state index contributed by atoms with van der Waals surface area (Å²) in [6, 6.07) is 24.8. The number of nitrogens with one attached hydrogen (secondary N) is 2. The molecule has 3 aromatic rings. The average molecular weight is 492 g/mol. The number of hydrogen-bond donors (Lipinski definition) is 2. The highest BCUT2D eigenvalue weighted by Crippen LogP contribution is 2.35. The van der Waals surface area contributed by atoms with Crippen molar-refractivity contribution in [3.63, 3.8) is 0 Å². The highest BCUT2D eigenvalue weighted by molar-refractivity contribution is 9.10. The van der Waals surface area contributed by atoms with E-state index in [1.807, 2.05) is 67.6 Å². The van der Waals surface area contributed by atoms with Crippen LogP contribution in [0.25, 0.3) is 0 Å². The smallest absolute Gasteiger partial charge is 0.326 e. The van der Waals surface area contributed by atoms with Crippen LogP contribution >= 0.6 is 15.9 Å². The molecule has 1 saturated heterocycles. The van der Waals surface area contributed by atoms with Gasteiger partial charge in [-0.25, -0.2) is 4.79 Å². The molecule has 2 N–H and O–H groups in total. The highest BCUT2D eigenvalue weighted by atomic mass is 79.9. The molecule has 0 saturated carbocycles. The summed E-state index contributed by atoms with van der Waals surface area (Å²) in [6.45, 7) is 1.48. The van der Waals surface area contributed by atoms with Crippen molar-refractivity contribution in [2.45, 2.75) is 18.5 Å². The third-order valence-electron chi connectivity index (χ3n) is 5.57. The van der Waals surface area contributed by atoms with Gasteiger partial charge < -0.3 is 10.6 Å². The molecule has 4 amide bonds. The third kappa shape index (κ3) is 4.03. The number of urea groups is 1. The van der Waals surface area contributed by atoms with E-state index in [1.54, 1.807) is 24.3 Å². The number of halogens is 1. The molecule has 0 bridgehead atoms. The summed E-state index contributed by atoms with van der Waals surface area (Å²) in [6.07, 6.45) is 0. The lowest BCUT2D eigenvalue weighted by atomic mass is 9.82. The minimum absolute atomic E-state index is 0.274. The van der Waals surface area contributed by atoms with Crippen molar-refractivity contribution in [3.05, 3.63) is 106 Å². The Balaban J connectivity index is 1.58. The molecule has 1 heterocycles. The fourth-order valence-corrected chi connectivity index (χ4v) is 4.18. The molecule has 0 unspecified atom stereocenters. The minimum atomic E-state index is -1.38. The van der Waals surface area contributed by atoms with E-state index >= 15 is 0 Å². The summed E-state index contributed by atoms with van der Waals surface area (Å²) >= 11 is 3.39. The molecular formula is C25H22BrN3O3. The lowest BCUT2D eigenvalue weighted by molar-refractivity contribution is -0.134. The van der Waals surface area contributed by atoms with Gasteiger partial charge >= 0.3 is 6.03 Å². The van der Waals surface area contributed by atoms with Crippen molar-refractivity contribution in [2.75, 3.05) is 6.54 Å². The van der Waals surface area contributed by atoms with Gasteiger partial charge in [0.15, 0.2) is 5.54 Å². The van der Waals surface area contributed by atoms with E-state index in [-0.39, 0.29) is 12.6 Å². The van der Waals surface area contributed by atoms with Crippen LogP contribution in [-0.2, 0) is 15.1 Å². The quantitative estimate of drug-likeness (QED) is 0.509. The number of imide groups is 1. The van der Waals surface area contributed by atoms with E-state index in [0.717, 1.165) is 14.9 Å². The van der Waals surface area contributed by atoms with Crippen molar-refractivity contribution in [2.24, 2.45) is 0 Å². The molecule has 4 rings (SSSR count). The number of amides is 4. The zero-order valence-electron chi connectivity index (χ0n) is 17.4. The van der Waals surface area contributed by atoms with Gasteiger partial charge in [-0.3, -0.25) is 14.5 Å². The normalized spacial score (nSPS) is 15.9. The Kier molecular flexibility index (Phi) is 6.10. The maximum atomic E-state index is 13.6. The van der Waals surface area contributed by atoms with E-state index < -0.39 is 23.4 Å². The number of carbonyl (C=O) groups is 3. The largest absolute Gasteiger partial charge is 0.348 e. The molecule has 0 spiro atoms. The number of benzene rings is 3. The number of hydrogen-bond acceptors (Lipinski definition) is 3. The maximum Gasteiger partial charge on any atom is 0.326 e. The van der Waals surface area contributed by atoms with Gasteiger partial charge in [0.25, 0.3) is 5.91 Å². The lowest BCUT2D eigenvalue weighted by Crippen LogP contribution is -2.46.